The van der Waals surface area contributed by atoms with Gasteiger partial charge in [0.05, 0.1) is 21.1 Å². The maximum absolute atomic E-state index is 12.8. The van der Waals surface area contributed by atoms with Crippen molar-refractivity contribution in [2.75, 3.05) is 5.32 Å². The fourth-order valence-corrected chi connectivity index (χ4v) is 5.39. The Kier molecular flexibility index (Phi) is 6.19. The first-order valence-electron chi connectivity index (χ1n) is 9.74. The second-order valence-corrected chi connectivity index (χ2v) is 9.74. The molecule has 1 aliphatic carbocycles. The molecule has 7 nitrogen and oxygen atoms in total. The van der Waals surface area contributed by atoms with Gasteiger partial charge < -0.3 is 11.1 Å². The van der Waals surface area contributed by atoms with E-state index in [1.807, 2.05) is 0 Å². The smallest absolute Gasteiger partial charge is 0.270 e. The van der Waals surface area contributed by atoms with Crippen molar-refractivity contribution in [3.05, 3.63) is 54.9 Å². The van der Waals surface area contributed by atoms with Gasteiger partial charge in [0.15, 0.2) is 0 Å². The second kappa shape index (κ2) is 8.35. The zero-order chi connectivity index (χ0) is 22.2. The second-order valence-electron chi connectivity index (χ2n) is 8.23. The normalized spacial score (nSPS) is 16.1. The third kappa shape index (κ3) is 4.20. The molecule has 1 aliphatic rings. The van der Waals surface area contributed by atoms with Gasteiger partial charge in [0.2, 0.25) is 0 Å². The molecule has 0 saturated heterocycles. The highest BCUT2D eigenvalue weighted by Crippen LogP contribution is 2.45. The summed E-state index contributed by atoms with van der Waals surface area (Å²) in [6, 6.07) is 3.66. The molecule has 0 spiro atoms. The lowest BCUT2D eigenvalue weighted by molar-refractivity contribution is -0.384. The first-order valence-corrected chi connectivity index (χ1v) is 10.9. The predicted molar refractivity (Wildman–Crippen MR) is 118 cm³/mol. The van der Waals surface area contributed by atoms with Crippen LogP contribution in [-0.4, -0.2) is 16.7 Å². The van der Waals surface area contributed by atoms with Crippen molar-refractivity contribution >= 4 is 45.4 Å². The van der Waals surface area contributed by atoms with Gasteiger partial charge in [-0.1, -0.05) is 38.8 Å². The Labute approximate surface area is 183 Å². The van der Waals surface area contributed by atoms with Crippen LogP contribution in [0.4, 0.5) is 10.7 Å². The number of primary amides is 1. The van der Waals surface area contributed by atoms with Gasteiger partial charge in [0.25, 0.3) is 17.5 Å². The van der Waals surface area contributed by atoms with E-state index in [9.17, 15) is 19.7 Å². The molecular formula is C21H24ClN3O4S. The number of non-ortho nitro benzene ring substituents is 1. The minimum absolute atomic E-state index is 0.0300. The van der Waals surface area contributed by atoms with Gasteiger partial charge in [0, 0.05) is 17.0 Å². The van der Waals surface area contributed by atoms with Crippen LogP contribution >= 0.6 is 22.9 Å². The fraction of sp³-hybridized carbons (Fsp3) is 0.429. The van der Waals surface area contributed by atoms with Gasteiger partial charge in [-0.2, -0.15) is 0 Å². The Balaban J connectivity index is 1.94. The molecule has 0 aliphatic heterocycles. The third-order valence-electron chi connectivity index (χ3n) is 6.16. The van der Waals surface area contributed by atoms with Crippen LogP contribution in [0.25, 0.3) is 0 Å². The number of thiophene rings is 1. The van der Waals surface area contributed by atoms with Crippen molar-refractivity contribution in [1.29, 1.82) is 0 Å². The van der Waals surface area contributed by atoms with E-state index in [1.54, 1.807) is 0 Å². The summed E-state index contributed by atoms with van der Waals surface area (Å²) in [5.74, 6) is -0.736. The average Bonchev–Trinajstić information content (AvgIpc) is 3.05. The van der Waals surface area contributed by atoms with Crippen molar-refractivity contribution in [3.63, 3.8) is 0 Å². The highest BCUT2D eigenvalue weighted by molar-refractivity contribution is 7.17. The van der Waals surface area contributed by atoms with Crippen LogP contribution in [0.1, 0.15) is 64.8 Å². The van der Waals surface area contributed by atoms with E-state index in [4.69, 9.17) is 17.3 Å². The number of benzene rings is 1. The molecule has 1 aromatic carbocycles. The van der Waals surface area contributed by atoms with Gasteiger partial charge >= 0.3 is 0 Å². The summed E-state index contributed by atoms with van der Waals surface area (Å²) in [5.41, 5.74) is 6.77. The molecule has 3 N–H and O–H groups in total. The van der Waals surface area contributed by atoms with E-state index < -0.39 is 16.7 Å². The van der Waals surface area contributed by atoms with Gasteiger partial charge in [0.1, 0.15) is 5.00 Å². The molecule has 9 heteroatoms. The fourth-order valence-electron chi connectivity index (χ4n) is 3.86. The molecule has 0 fully saturated rings. The van der Waals surface area contributed by atoms with Gasteiger partial charge in [-0.15, -0.1) is 11.3 Å². The van der Waals surface area contributed by atoms with Crippen LogP contribution in [0.15, 0.2) is 18.2 Å². The highest BCUT2D eigenvalue weighted by atomic mass is 35.5. The number of halogens is 1. The number of nitrogens with two attached hydrogens (primary N) is 1. The zero-order valence-electron chi connectivity index (χ0n) is 17.1. The minimum atomic E-state index is -0.616. The van der Waals surface area contributed by atoms with Crippen LogP contribution in [0.3, 0.4) is 0 Å². The molecule has 0 saturated carbocycles. The van der Waals surface area contributed by atoms with Crippen molar-refractivity contribution < 1.29 is 14.5 Å². The molecule has 0 radical (unpaired) electrons. The molecule has 3 rings (SSSR count). The van der Waals surface area contributed by atoms with Crippen LogP contribution in [-0.2, 0) is 12.8 Å². The molecule has 1 heterocycles. The van der Waals surface area contributed by atoms with E-state index in [0.29, 0.717) is 16.5 Å². The monoisotopic (exact) mass is 449 g/mol. The Morgan fingerprint density at radius 3 is 2.70 bits per heavy atom. The molecule has 2 amide bonds. The number of hydrogen-bond donors (Lipinski definition) is 2. The highest BCUT2D eigenvalue weighted by Gasteiger charge is 2.35. The van der Waals surface area contributed by atoms with Crippen molar-refractivity contribution in [2.45, 2.75) is 46.5 Å². The quantitative estimate of drug-likeness (QED) is 0.465. The maximum Gasteiger partial charge on any atom is 0.270 e. The number of nitro benzene ring substituents is 1. The summed E-state index contributed by atoms with van der Waals surface area (Å²) in [7, 11) is 0. The minimum Gasteiger partial charge on any atom is -0.365 e. The third-order valence-corrected chi connectivity index (χ3v) is 7.66. The Morgan fingerprint density at radius 1 is 1.40 bits per heavy atom. The number of rotatable bonds is 6. The molecule has 0 bridgehead atoms. The summed E-state index contributed by atoms with van der Waals surface area (Å²) in [5, 5.41) is 14.2. The Hall–Kier alpha value is -2.45. The van der Waals surface area contributed by atoms with E-state index in [-0.39, 0.29) is 21.7 Å². The number of nitro groups is 1. The standard InChI is InChI=1S/C21H24ClN3O4S/c1-4-21(2,3)11-5-7-13-16(9-11)30-20(17(13)18(23)26)24-19(27)14-10-12(25(28)29)6-8-15(14)22/h6,8,10-11H,4-5,7,9H2,1-3H3,(H2,23,26)(H,24,27). The Bertz CT molecular complexity index is 1030. The molecular weight excluding hydrogens is 426 g/mol. The first kappa shape index (κ1) is 22.2. The lowest BCUT2D eigenvalue weighted by atomic mass is 9.69. The number of nitrogens with one attached hydrogen (secondary N) is 1. The van der Waals surface area contributed by atoms with Gasteiger partial charge in [-0.25, -0.2) is 0 Å². The summed E-state index contributed by atoms with van der Waals surface area (Å²) in [4.78, 5) is 36.5. The number of carbonyl (C=O) groups excluding carboxylic acids is 2. The molecule has 160 valence electrons. The van der Waals surface area contributed by atoms with Crippen molar-refractivity contribution in [1.82, 2.24) is 0 Å². The van der Waals surface area contributed by atoms with E-state index in [2.05, 4.69) is 26.1 Å². The molecule has 1 unspecified atom stereocenters. The van der Waals surface area contributed by atoms with Crippen LogP contribution in [0.5, 0.6) is 0 Å². The maximum atomic E-state index is 12.8. The number of anilines is 1. The van der Waals surface area contributed by atoms with E-state index >= 15 is 0 Å². The first-order chi connectivity index (χ1) is 14.0. The molecule has 1 atom stereocenters. The topological polar surface area (TPSA) is 115 Å². The van der Waals surface area contributed by atoms with Gasteiger partial charge in [-0.3, -0.25) is 19.7 Å². The van der Waals surface area contributed by atoms with Gasteiger partial charge in [-0.05, 0) is 42.2 Å². The zero-order valence-corrected chi connectivity index (χ0v) is 18.7. The predicted octanol–water partition coefficient (Wildman–Crippen LogP) is 5.20. The summed E-state index contributed by atoms with van der Waals surface area (Å²) >= 11 is 7.43. The number of fused-ring (bicyclic) bond motifs is 1. The van der Waals surface area contributed by atoms with Crippen LogP contribution < -0.4 is 11.1 Å². The number of hydrogen-bond acceptors (Lipinski definition) is 5. The molecule has 1 aromatic heterocycles. The average molecular weight is 450 g/mol. The van der Waals surface area contributed by atoms with Crippen LogP contribution in [0, 0.1) is 21.4 Å². The van der Waals surface area contributed by atoms with Crippen LogP contribution in [0.2, 0.25) is 5.02 Å². The SMILES string of the molecule is CCC(C)(C)C1CCc2c(sc(NC(=O)c3cc([N+](=O)[O-])ccc3Cl)c2C(N)=O)C1. The summed E-state index contributed by atoms with van der Waals surface area (Å²) in [6.07, 6.45) is 3.56. The van der Waals surface area contributed by atoms with E-state index in [0.717, 1.165) is 42.2 Å². The van der Waals surface area contributed by atoms with E-state index in [1.165, 1.54) is 23.5 Å². The summed E-state index contributed by atoms with van der Waals surface area (Å²) < 4.78 is 0. The Morgan fingerprint density at radius 2 is 2.10 bits per heavy atom. The molecule has 30 heavy (non-hydrogen) atoms. The number of amides is 2. The van der Waals surface area contributed by atoms with Crippen molar-refractivity contribution in [2.24, 2.45) is 17.1 Å². The summed E-state index contributed by atoms with van der Waals surface area (Å²) in [6.45, 7) is 6.67. The largest absolute Gasteiger partial charge is 0.365 e. The number of nitrogens with zero attached hydrogens (tertiary/aromatic N) is 1. The lowest BCUT2D eigenvalue weighted by Gasteiger charge is -2.36. The number of carbonyl (C=O) groups is 2. The lowest BCUT2D eigenvalue weighted by Crippen LogP contribution is -2.29. The molecule has 2 aromatic rings. The van der Waals surface area contributed by atoms with Crippen molar-refractivity contribution in [3.8, 4) is 0 Å².